The zero-order valence-corrected chi connectivity index (χ0v) is 9.85. The summed E-state index contributed by atoms with van der Waals surface area (Å²) < 4.78 is 5.14. The van der Waals surface area contributed by atoms with Crippen molar-refractivity contribution in [3.05, 3.63) is 29.3 Å². The Morgan fingerprint density at radius 3 is 2.47 bits per heavy atom. The van der Waals surface area contributed by atoms with E-state index in [1.165, 1.54) is 4.90 Å². The van der Waals surface area contributed by atoms with Crippen LogP contribution in [0.4, 0.5) is 0 Å². The van der Waals surface area contributed by atoms with Gasteiger partial charge >= 0.3 is 0 Å². The Bertz CT molecular complexity index is 316. The number of rotatable bonds is 4. The minimum absolute atomic E-state index is 0.0235. The van der Waals surface area contributed by atoms with Crippen LogP contribution in [0.25, 0.3) is 0 Å². The summed E-state index contributed by atoms with van der Waals surface area (Å²) in [5.41, 5.74) is -0.0235. The van der Waals surface area contributed by atoms with Crippen molar-refractivity contribution in [2.24, 2.45) is 5.41 Å². The van der Waals surface area contributed by atoms with E-state index in [-0.39, 0.29) is 12.0 Å². The first kappa shape index (κ1) is 11.3. The zero-order valence-electron chi connectivity index (χ0n) is 8.28. The van der Waals surface area contributed by atoms with E-state index in [4.69, 9.17) is 16.3 Å². The molecule has 0 aromatic heterocycles. The third-order valence-corrected chi connectivity index (χ3v) is 4.12. The number of hydrogen-bond acceptors (Lipinski definition) is 3. The molecule has 1 aromatic rings. The Hall–Kier alpha value is -0.220. The quantitative estimate of drug-likeness (QED) is 0.825. The second kappa shape index (κ2) is 4.74. The molecule has 1 fully saturated rings. The number of hydrogen-bond donors (Lipinski definition) is 1. The zero-order chi connectivity index (χ0) is 10.7. The van der Waals surface area contributed by atoms with Crippen LogP contribution in [0.3, 0.4) is 0 Å². The van der Waals surface area contributed by atoms with Crippen LogP contribution in [0.5, 0.6) is 0 Å². The van der Waals surface area contributed by atoms with Gasteiger partial charge in [-0.2, -0.15) is 0 Å². The first-order chi connectivity index (χ1) is 7.24. The maximum Gasteiger partial charge on any atom is 0.0575 e. The summed E-state index contributed by atoms with van der Waals surface area (Å²) in [7, 11) is 0. The fourth-order valence-electron chi connectivity index (χ4n) is 1.38. The molecule has 1 heterocycles. The summed E-state index contributed by atoms with van der Waals surface area (Å²) in [5, 5.41) is 10.00. The smallest absolute Gasteiger partial charge is 0.0575 e. The Morgan fingerprint density at radius 2 is 2.00 bits per heavy atom. The Morgan fingerprint density at radius 1 is 1.33 bits per heavy atom. The van der Waals surface area contributed by atoms with Crippen molar-refractivity contribution >= 4 is 23.4 Å². The molecule has 2 nitrogen and oxygen atoms in total. The maximum absolute atomic E-state index is 9.24. The van der Waals surface area contributed by atoms with Gasteiger partial charge in [-0.25, -0.2) is 0 Å². The van der Waals surface area contributed by atoms with Gasteiger partial charge < -0.3 is 9.84 Å². The molecule has 2 rings (SSSR count). The SMILES string of the molecule is OCC1(CSc2ccc(Cl)cc2)COC1. The largest absolute Gasteiger partial charge is 0.396 e. The van der Waals surface area contributed by atoms with E-state index in [2.05, 4.69) is 0 Å². The van der Waals surface area contributed by atoms with Gasteiger partial charge in [-0.05, 0) is 24.3 Å². The topological polar surface area (TPSA) is 29.5 Å². The van der Waals surface area contributed by atoms with Crippen LogP contribution in [-0.2, 0) is 4.74 Å². The highest BCUT2D eigenvalue weighted by molar-refractivity contribution is 7.99. The molecule has 15 heavy (non-hydrogen) atoms. The Labute approximate surface area is 98.6 Å². The number of halogens is 1. The summed E-state index contributed by atoms with van der Waals surface area (Å²) in [6, 6.07) is 7.76. The van der Waals surface area contributed by atoms with E-state index < -0.39 is 0 Å². The molecular formula is C11H13ClO2S. The summed E-state index contributed by atoms with van der Waals surface area (Å²) in [6.45, 7) is 1.54. The average Bonchev–Trinajstić information content (AvgIpc) is 2.20. The molecule has 1 N–H and O–H groups in total. The molecule has 82 valence electrons. The van der Waals surface area contributed by atoms with Gasteiger partial charge in [0.25, 0.3) is 0 Å². The van der Waals surface area contributed by atoms with Crippen molar-refractivity contribution < 1.29 is 9.84 Å². The first-order valence-corrected chi connectivity index (χ1v) is 6.17. The lowest BCUT2D eigenvalue weighted by Crippen LogP contribution is -2.47. The Balaban J connectivity index is 1.90. The van der Waals surface area contributed by atoms with E-state index in [1.54, 1.807) is 11.8 Å². The molecule has 1 aliphatic heterocycles. The number of thioether (sulfide) groups is 1. The summed E-state index contributed by atoms with van der Waals surface area (Å²) in [5.74, 6) is 0.894. The predicted octanol–water partition coefficient (Wildman–Crippen LogP) is 2.44. The second-order valence-corrected chi connectivity index (χ2v) is 5.38. The number of benzene rings is 1. The lowest BCUT2D eigenvalue weighted by atomic mass is 9.90. The van der Waals surface area contributed by atoms with E-state index in [1.807, 2.05) is 24.3 Å². The monoisotopic (exact) mass is 244 g/mol. The standard InChI is InChI=1S/C11H13ClO2S/c12-9-1-3-10(4-2-9)15-8-11(5-13)6-14-7-11/h1-4,13H,5-8H2. The number of ether oxygens (including phenoxy) is 1. The van der Waals surface area contributed by atoms with E-state index in [0.29, 0.717) is 13.2 Å². The molecule has 0 radical (unpaired) electrons. The minimum Gasteiger partial charge on any atom is -0.396 e. The van der Waals surface area contributed by atoms with Gasteiger partial charge in [0.2, 0.25) is 0 Å². The molecule has 0 atom stereocenters. The summed E-state index contributed by atoms with van der Waals surface area (Å²) >= 11 is 7.54. The van der Waals surface area contributed by atoms with Crippen LogP contribution in [0.15, 0.2) is 29.2 Å². The van der Waals surface area contributed by atoms with Crippen LogP contribution in [-0.4, -0.2) is 30.7 Å². The van der Waals surface area contributed by atoms with Crippen molar-refractivity contribution in [1.29, 1.82) is 0 Å². The van der Waals surface area contributed by atoms with Crippen LogP contribution < -0.4 is 0 Å². The third-order valence-electron chi connectivity index (χ3n) is 2.51. The van der Waals surface area contributed by atoms with Gasteiger partial charge in [0.1, 0.15) is 0 Å². The lowest BCUT2D eigenvalue weighted by molar-refractivity contribution is -0.121. The fraction of sp³-hybridized carbons (Fsp3) is 0.455. The van der Waals surface area contributed by atoms with Gasteiger partial charge in [-0.1, -0.05) is 11.6 Å². The average molecular weight is 245 g/mol. The van der Waals surface area contributed by atoms with Crippen molar-refractivity contribution in [2.75, 3.05) is 25.6 Å². The fourth-order valence-corrected chi connectivity index (χ4v) is 2.56. The molecule has 1 aliphatic rings. The van der Waals surface area contributed by atoms with Crippen molar-refractivity contribution in [2.45, 2.75) is 4.90 Å². The highest BCUT2D eigenvalue weighted by Gasteiger charge is 2.37. The van der Waals surface area contributed by atoms with Crippen LogP contribution >= 0.6 is 23.4 Å². The third kappa shape index (κ3) is 2.67. The van der Waals surface area contributed by atoms with E-state index >= 15 is 0 Å². The molecule has 0 saturated carbocycles. The lowest BCUT2D eigenvalue weighted by Gasteiger charge is -2.39. The van der Waals surface area contributed by atoms with Gasteiger partial charge in [0, 0.05) is 21.1 Å². The van der Waals surface area contributed by atoms with Crippen molar-refractivity contribution in [1.82, 2.24) is 0 Å². The molecule has 4 heteroatoms. The molecule has 1 aromatic carbocycles. The predicted molar refractivity (Wildman–Crippen MR) is 62.5 cm³/mol. The molecule has 1 saturated heterocycles. The van der Waals surface area contributed by atoms with Gasteiger partial charge in [-0.15, -0.1) is 11.8 Å². The summed E-state index contributed by atoms with van der Waals surface area (Å²) in [4.78, 5) is 1.18. The van der Waals surface area contributed by atoms with Gasteiger partial charge in [0.05, 0.1) is 19.8 Å². The second-order valence-electron chi connectivity index (χ2n) is 3.89. The molecular weight excluding hydrogens is 232 g/mol. The molecule has 0 unspecified atom stereocenters. The Kier molecular flexibility index (Phi) is 3.57. The van der Waals surface area contributed by atoms with Crippen molar-refractivity contribution in [3.8, 4) is 0 Å². The maximum atomic E-state index is 9.24. The van der Waals surface area contributed by atoms with Crippen molar-refractivity contribution in [3.63, 3.8) is 0 Å². The van der Waals surface area contributed by atoms with Crippen LogP contribution in [0.1, 0.15) is 0 Å². The first-order valence-electron chi connectivity index (χ1n) is 4.81. The number of aliphatic hydroxyl groups excluding tert-OH is 1. The van der Waals surface area contributed by atoms with Gasteiger partial charge in [0.15, 0.2) is 0 Å². The normalized spacial score (nSPS) is 18.5. The molecule has 0 spiro atoms. The van der Waals surface area contributed by atoms with E-state index in [0.717, 1.165) is 10.8 Å². The van der Waals surface area contributed by atoms with E-state index in [9.17, 15) is 5.11 Å². The van der Waals surface area contributed by atoms with Crippen LogP contribution in [0, 0.1) is 5.41 Å². The molecule has 0 amide bonds. The highest BCUT2D eigenvalue weighted by atomic mass is 35.5. The molecule has 0 bridgehead atoms. The molecule has 0 aliphatic carbocycles. The highest BCUT2D eigenvalue weighted by Crippen LogP contribution is 2.34. The number of aliphatic hydroxyl groups is 1. The summed E-state index contributed by atoms with van der Waals surface area (Å²) in [6.07, 6.45) is 0. The van der Waals surface area contributed by atoms with Crippen LogP contribution in [0.2, 0.25) is 5.02 Å². The van der Waals surface area contributed by atoms with Gasteiger partial charge in [-0.3, -0.25) is 0 Å². The minimum atomic E-state index is -0.0235.